The Morgan fingerprint density at radius 3 is 2.43 bits per heavy atom. The molecule has 1 aromatic rings. The Bertz CT molecular complexity index is 310. The highest BCUT2D eigenvalue weighted by Gasteiger charge is 2.29. The van der Waals surface area contributed by atoms with Gasteiger partial charge in [0.1, 0.15) is 0 Å². The van der Waals surface area contributed by atoms with Crippen molar-refractivity contribution in [2.45, 2.75) is 20.0 Å². The maximum absolute atomic E-state index is 9.98. The molecule has 0 aliphatic rings. The van der Waals surface area contributed by atoms with Crippen LogP contribution in [-0.4, -0.2) is 16.8 Å². The van der Waals surface area contributed by atoms with Crippen molar-refractivity contribution in [3.63, 3.8) is 0 Å². The summed E-state index contributed by atoms with van der Waals surface area (Å²) in [4.78, 5) is 0. The molecular weight excluding hydrogens is 200 g/mol. The van der Waals surface area contributed by atoms with Crippen molar-refractivity contribution in [2.24, 2.45) is 5.41 Å². The molecule has 0 saturated carbocycles. The molecule has 14 heavy (non-hydrogen) atoms. The Kier molecular flexibility index (Phi) is 3.53. The Hall–Kier alpha value is -0.570. The van der Waals surface area contributed by atoms with E-state index < -0.39 is 11.5 Å². The number of aliphatic hydroxyl groups excluding tert-OH is 2. The van der Waals surface area contributed by atoms with Gasteiger partial charge < -0.3 is 10.2 Å². The van der Waals surface area contributed by atoms with Crippen molar-refractivity contribution < 1.29 is 10.2 Å². The minimum absolute atomic E-state index is 0.0839. The summed E-state index contributed by atoms with van der Waals surface area (Å²) in [6.07, 6.45) is -0.749. The van der Waals surface area contributed by atoms with Gasteiger partial charge in [0.25, 0.3) is 0 Å². The van der Waals surface area contributed by atoms with Gasteiger partial charge in [-0.05, 0) is 11.6 Å². The van der Waals surface area contributed by atoms with Gasteiger partial charge in [-0.15, -0.1) is 0 Å². The highest BCUT2D eigenvalue weighted by Crippen LogP contribution is 2.35. The molecule has 0 saturated heterocycles. The largest absolute Gasteiger partial charge is 0.396 e. The van der Waals surface area contributed by atoms with Gasteiger partial charge in [-0.3, -0.25) is 0 Å². The van der Waals surface area contributed by atoms with E-state index in [1.807, 2.05) is 12.1 Å². The first kappa shape index (κ1) is 11.5. The zero-order chi connectivity index (χ0) is 10.8. The molecule has 0 aliphatic carbocycles. The Balaban J connectivity index is 3.00. The minimum atomic E-state index is -0.749. The summed E-state index contributed by atoms with van der Waals surface area (Å²) in [7, 11) is 0. The van der Waals surface area contributed by atoms with Crippen molar-refractivity contribution in [1.82, 2.24) is 0 Å². The van der Waals surface area contributed by atoms with Crippen LogP contribution in [0.4, 0.5) is 0 Å². The predicted octanol–water partition coefficient (Wildman–Crippen LogP) is 2.39. The third-order valence-corrected chi connectivity index (χ3v) is 2.69. The van der Waals surface area contributed by atoms with Gasteiger partial charge in [0.2, 0.25) is 0 Å². The molecule has 1 unspecified atom stereocenters. The molecule has 0 radical (unpaired) electrons. The number of halogens is 1. The van der Waals surface area contributed by atoms with Crippen molar-refractivity contribution in [3.8, 4) is 0 Å². The minimum Gasteiger partial charge on any atom is -0.396 e. The Labute approximate surface area is 89.1 Å². The molecule has 3 heteroatoms. The van der Waals surface area contributed by atoms with Crippen LogP contribution in [-0.2, 0) is 0 Å². The lowest BCUT2D eigenvalue weighted by Gasteiger charge is -2.29. The fraction of sp³-hybridized carbons (Fsp3) is 0.455. The first-order valence-corrected chi connectivity index (χ1v) is 4.90. The van der Waals surface area contributed by atoms with Gasteiger partial charge in [-0.25, -0.2) is 0 Å². The number of rotatable bonds is 3. The van der Waals surface area contributed by atoms with Gasteiger partial charge in [0.15, 0.2) is 0 Å². The van der Waals surface area contributed by atoms with Crippen LogP contribution in [0.5, 0.6) is 0 Å². The molecule has 0 heterocycles. The van der Waals surface area contributed by atoms with Crippen LogP contribution < -0.4 is 0 Å². The van der Waals surface area contributed by atoms with Crippen molar-refractivity contribution in [1.29, 1.82) is 0 Å². The third-order valence-electron chi connectivity index (χ3n) is 2.35. The molecule has 2 nitrogen and oxygen atoms in total. The van der Waals surface area contributed by atoms with Crippen LogP contribution in [0.25, 0.3) is 0 Å². The van der Waals surface area contributed by atoms with Gasteiger partial charge in [0.05, 0.1) is 12.7 Å². The van der Waals surface area contributed by atoms with E-state index in [1.54, 1.807) is 26.0 Å². The zero-order valence-electron chi connectivity index (χ0n) is 8.37. The molecule has 2 N–H and O–H groups in total. The molecule has 0 amide bonds. The van der Waals surface area contributed by atoms with E-state index in [4.69, 9.17) is 16.7 Å². The lowest BCUT2D eigenvalue weighted by Crippen LogP contribution is -2.26. The fourth-order valence-electron chi connectivity index (χ4n) is 1.20. The van der Waals surface area contributed by atoms with Crippen LogP contribution >= 0.6 is 11.6 Å². The second-order valence-electron chi connectivity index (χ2n) is 4.07. The van der Waals surface area contributed by atoms with E-state index in [9.17, 15) is 5.11 Å². The predicted molar refractivity (Wildman–Crippen MR) is 57.3 cm³/mol. The number of hydrogen-bond acceptors (Lipinski definition) is 2. The van der Waals surface area contributed by atoms with E-state index >= 15 is 0 Å². The lowest BCUT2D eigenvalue weighted by atomic mass is 9.83. The molecule has 0 spiro atoms. The van der Waals surface area contributed by atoms with Gasteiger partial charge in [-0.2, -0.15) is 0 Å². The average molecular weight is 215 g/mol. The third kappa shape index (κ3) is 2.27. The molecule has 1 atom stereocenters. The summed E-state index contributed by atoms with van der Waals surface area (Å²) >= 11 is 5.94. The zero-order valence-corrected chi connectivity index (χ0v) is 9.12. The van der Waals surface area contributed by atoms with Crippen LogP contribution in [0.3, 0.4) is 0 Å². The molecular formula is C11H15ClO2. The Morgan fingerprint density at radius 2 is 1.93 bits per heavy atom. The van der Waals surface area contributed by atoms with Gasteiger partial charge in [-0.1, -0.05) is 43.6 Å². The van der Waals surface area contributed by atoms with E-state index in [0.29, 0.717) is 10.6 Å². The number of benzene rings is 1. The summed E-state index contributed by atoms with van der Waals surface area (Å²) in [5, 5.41) is 19.6. The molecule has 0 fully saturated rings. The summed E-state index contributed by atoms with van der Waals surface area (Å²) in [6.45, 7) is 3.50. The summed E-state index contributed by atoms with van der Waals surface area (Å²) in [5.74, 6) is 0. The normalized spacial score (nSPS) is 14.1. The van der Waals surface area contributed by atoms with E-state index in [2.05, 4.69) is 0 Å². The van der Waals surface area contributed by atoms with Gasteiger partial charge >= 0.3 is 0 Å². The van der Waals surface area contributed by atoms with Crippen LogP contribution in [0, 0.1) is 5.41 Å². The summed E-state index contributed by atoms with van der Waals surface area (Å²) < 4.78 is 0. The van der Waals surface area contributed by atoms with E-state index in [-0.39, 0.29) is 6.61 Å². The topological polar surface area (TPSA) is 40.5 Å². The van der Waals surface area contributed by atoms with Crippen LogP contribution in [0.1, 0.15) is 25.5 Å². The standard InChI is InChI=1S/C11H15ClO2/c1-11(2,7-13)10(14)8-5-3-4-6-9(8)12/h3-6,10,13-14H,7H2,1-2H3. The van der Waals surface area contributed by atoms with Crippen LogP contribution in [0.2, 0.25) is 5.02 Å². The number of hydrogen-bond donors (Lipinski definition) is 2. The van der Waals surface area contributed by atoms with Gasteiger partial charge in [0, 0.05) is 10.4 Å². The molecule has 1 rings (SSSR count). The maximum Gasteiger partial charge on any atom is 0.0877 e. The lowest BCUT2D eigenvalue weighted by molar-refractivity contribution is 0.00645. The molecule has 1 aromatic carbocycles. The second kappa shape index (κ2) is 4.30. The maximum atomic E-state index is 9.98. The summed E-state index contributed by atoms with van der Waals surface area (Å²) in [6, 6.07) is 7.13. The Morgan fingerprint density at radius 1 is 1.36 bits per heavy atom. The SMILES string of the molecule is CC(C)(CO)C(O)c1ccccc1Cl. The molecule has 78 valence electrons. The van der Waals surface area contributed by atoms with E-state index in [1.165, 1.54) is 0 Å². The highest BCUT2D eigenvalue weighted by molar-refractivity contribution is 6.31. The molecule has 0 aliphatic heterocycles. The smallest absolute Gasteiger partial charge is 0.0877 e. The highest BCUT2D eigenvalue weighted by atomic mass is 35.5. The quantitative estimate of drug-likeness (QED) is 0.811. The van der Waals surface area contributed by atoms with Crippen LogP contribution in [0.15, 0.2) is 24.3 Å². The number of aliphatic hydroxyl groups is 2. The monoisotopic (exact) mass is 214 g/mol. The summed E-state index contributed by atoms with van der Waals surface area (Å²) in [5.41, 5.74) is 0.0820. The van der Waals surface area contributed by atoms with Crippen molar-refractivity contribution in [2.75, 3.05) is 6.61 Å². The van der Waals surface area contributed by atoms with Crippen molar-refractivity contribution in [3.05, 3.63) is 34.9 Å². The second-order valence-corrected chi connectivity index (χ2v) is 4.48. The van der Waals surface area contributed by atoms with Crippen molar-refractivity contribution >= 4 is 11.6 Å². The first-order chi connectivity index (χ1) is 6.49. The van der Waals surface area contributed by atoms with E-state index in [0.717, 1.165) is 0 Å². The molecule has 0 bridgehead atoms. The fourth-order valence-corrected chi connectivity index (χ4v) is 1.44. The first-order valence-electron chi connectivity index (χ1n) is 4.52. The average Bonchev–Trinajstić information content (AvgIpc) is 2.17. The molecule has 0 aromatic heterocycles.